The Labute approximate surface area is 185 Å². The third-order valence-corrected chi connectivity index (χ3v) is 7.14. The molecule has 3 atom stereocenters. The van der Waals surface area contributed by atoms with Crippen molar-refractivity contribution in [1.82, 2.24) is 0 Å². The molecule has 0 radical (unpaired) electrons. The number of ether oxygens (including phenoxy) is 1. The van der Waals surface area contributed by atoms with Crippen molar-refractivity contribution in [2.45, 2.75) is 31.2 Å². The fourth-order valence-corrected chi connectivity index (χ4v) is 5.72. The third kappa shape index (κ3) is 2.56. The molecule has 30 heavy (non-hydrogen) atoms. The van der Waals surface area contributed by atoms with Crippen molar-refractivity contribution in [3.63, 3.8) is 0 Å². The highest BCUT2D eigenvalue weighted by Crippen LogP contribution is 2.65. The maximum atomic E-state index is 12.9. The summed E-state index contributed by atoms with van der Waals surface area (Å²) in [7, 11) is 0. The standard InChI is InChI=1S/C25H20Cl2O3/c1-14(28)22-23(15-11-12-20(26)21(27)13-15)25(30-24(22,2)29)18-9-5-3-7-16(18)17-8-4-6-10-19(17)25/h3-13,22-23,29H,1-2H3/t22-,23-,24+/m0/s1. The summed E-state index contributed by atoms with van der Waals surface area (Å²) in [4.78, 5) is 12.9. The van der Waals surface area contributed by atoms with Gasteiger partial charge in [-0.3, -0.25) is 4.79 Å². The third-order valence-electron chi connectivity index (χ3n) is 6.40. The summed E-state index contributed by atoms with van der Waals surface area (Å²) in [5.41, 5.74) is 3.73. The van der Waals surface area contributed by atoms with Crippen molar-refractivity contribution >= 4 is 29.0 Å². The monoisotopic (exact) mass is 438 g/mol. The van der Waals surface area contributed by atoms with Gasteiger partial charge in [0.1, 0.15) is 11.4 Å². The minimum Gasteiger partial charge on any atom is -0.365 e. The lowest BCUT2D eigenvalue weighted by atomic mass is 9.69. The first kappa shape index (κ1) is 19.8. The van der Waals surface area contributed by atoms with E-state index in [0.29, 0.717) is 10.0 Å². The van der Waals surface area contributed by atoms with Gasteiger partial charge in [-0.25, -0.2) is 0 Å². The van der Waals surface area contributed by atoms with Gasteiger partial charge in [0.05, 0.1) is 16.0 Å². The Bertz CT molecular complexity index is 1140. The zero-order chi connectivity index (χ0) is 21.3. The van der Waals surface area contributed by atoms with E-state index in [2.05, 4.69) is 0 Å². The van der Waals surface area contributed by atoms with Crippen LogP contribution in [0.5, 0.6) is 0 Å². The number of hydrogen-bond donors (Lipinski definition) is 1. The molecule has 3 aromatic carbocycles. The average Bonchev–Trinajstić information content (AvgIpc) is 3.13. The van der Waals surface area contributed by atoms with E-state index in [0.717, 1.165) is 27.8 Å². The van der Waals surface area contributed by atoms with E-state index in [9.17, 15) is 9.90 Å². The van der Waals surface area contributed by atoms with Gasteiger partial charge in [0, 0.05) is 5.92 Å². The Morgan fingerprint density at radius 3 is 2.03 bits per heavy atom. The molecule has 1 aliphatic carbocycles. The molecule has 1 N–H and O–H groups in total. The molecule has 3 aromatic rings. The summed E-state index contributed by atoms with van der Waals surface area (Å²) in [5, 5.41) is 12.2. The van der Waals surface area contributed by atoms with Crippen LogP contribution in [-0.2, 0) is 15.1 Å². The van der Waals surface area contributed by atoms with Gasteiger partial charge in [-0.05, 0) is 53.8 Å². The van der Waals surface area contributed by atoms with Crippen molar-refractivity contribution in [3.8, 4) is 11.1 Å². The molecule has 1 spiro atoms. The van der Waals surface area contributed by atoms with Crippen molar-refractivity contribution in [2.75, 3.05) is 0 Å². The molecule has 0 bridgehead atoms. The van der Waals surface area contributed by atoms with E-state index >= 15 is 0 Å². The SMILES string of the molecule is CC(=O)[C@H]1[C@H](c2ccc(Cl)c(Cl)c2)C2(O[C@@]1(C)O)c1ccccc1-c1ccccc12. The van der Waals surface area contributed by atoms with Crippen LogP contribution in [0.1, 0.15) is 36.5 Å². The first-order valence-electron chi connectivity index (χ1n) is 9.84. The molecule has 2 aliphatic rings. The molecule has 0 saturated carbocycles. The molecule has 0 amide bonds. The van der Waals surface area contributed by atoms with Crippen LogP contribution < -0.4 is 0 Å². The zero-order valence-corrected chi connectivity index (χ0v) is 18.0. The number of hydrogen-bond acceptors (Lipinski definition) is 3. The topological polar surface area (TPSA) is 46.5 Å². The molecule has 5 heteroatoms. The summed E-state index contributed by atoms with van der Waals surface area (Å²) in [6, 6.07) is 21.4. The van der Waals surface area contributed by atoms with Crippen molar-refractivity contribution < 1.29 is 14.6 Å². The molecular weight excluding hydrogens is 419 g/mol. The fourth-order valence-electron chi connectivity index (χ4n) is 5.42. The second kappa shape index (κ2) is 6.66. The number of fused-ring (bicyclic) bond motifs is 5. The minimum absolute atomic E-state index is 0.144. The predicted molar refractivity (Wildman–Crippen MR) is 118 cm³/mol. The fraction of sp³-hybridized carbons (Fsp3) is 0.240. The van der Waals surface area contributed by atoms with Crippen LogP contribution in [0.2, 0.25) is 10.0 Å². The van der Waals surface area contributed by atoms with E-state index in [1.54, 1.807) is 19.1 Å². The Morgan fingerprint density at radius 2 is 1.50 bits per heavy atom. The lowest BCUT2D eigenvalue weighted by Gasteiger charge is -2.34. The highest BCUT2D eigenvalue weighted by molar-refractivity contribution is 6.42. The summed E-state index contributed by atoms with van der Waals surface area (Å²) >= 11 is 12.5. The number of aliphatic hydroxyl groups is 1. The molecule has 0 unspecified atom stereocenters. The van der Waals surface area contributed by atoms with Gasteiger partial charge in [-0.1, -0.05) is 77.8 Å². The zero-order valence-electron chi connectivity index (χ0n) is 16.5. The normalized spacial score (nSPS) is 25.9. The Morgan fingerprint density at radius 1 is 0.933 bits per heavy atom. The highest BCUT2D eigenvalue weighted by atomic mass is 35.5. The summed E-state index contributed by atoms with van der Waals surface area (Å²) in [6.45, 7) is 3.07. The maximum Gasteiger partial charge on any atom is 0.174 e. The molecule has 1 saturated heterocycles. The van der Waals surface area contributed by atoms with E-state index in [-0.39, 0.29) is 5.78 Å². The maximum absolute atomic E-state index is 12.9. The smallest absolute Gasteiger partial charge is 0.174 e. The van der Waals surface area contributed by atoms with Gasteiger partial charge in [0.25, 0.3) is 0 Å². The molecule has 1 fully saturated rings. The van der Waals surface area contributed by atoms with E-state index in [4.69, 9.17) is 27.9 Å². The first-order valence-corrected chi connectivity index (χ1v) is 10.6. The second-order valence-corrected chi connectivity index (χ2v) is 9.04. The molecule has 5 rings (SSSR count). The van der Waals surface area contributed by atoms with E-state index in [1.165, 1.54) is 6.92 Å². The van der Waals surface area contributed by atoms with Gasteiger partial charge < -0.3 is 9.84 Å². The van der Waals surface area contributed by atoms with Crippen LogP contribution in [0.25, 0.3) is 11.1 Å². The van der Waals surface area contributed by atoms with Crippen molar-refractivity contribution in [1.29, 1.82) is 0 Å². The van der Waals surface area contributed by atoms with Gasteiger partial charge >= 0.3 is 0 Å². The predicted octanol–water partition coefficient (Wildman–Crippen LogP) is 5.95. The lowest BCUT2D eigenvalue weighted by Crippen LogP contribution is -2.37. The Hall–Kier alpha value is -2.17. The van der Waals surface area contributed by atoms with Crippen LogP contribution in [0.15, 0.2) is 66.7 Å². The molecule has 1 aliphatic heterocycles. The summed E-state index contributed by atoms with van der Waals surface area (Å²) in [6.07, 6.45) is 0. The largest absolute Gasteiger partial charge is 0.365 e. The highest BCUT2D eigenvalue weighted by Gasteiger charge is 2.66. The van der Waals surface area contributed by atoms with Crippen LogP contribution >= 0.6 is 23.2 Å². The molecule has 1 heterocycles. The number of carbonyl (C=O) groups is 1. The second-order valence-electron chi connectivity index (χ2n) is 8.22. The molecule has 0 aromatic heterocycles. The summed E-state index contributed by atoms with van der Waals surface area (Å²) in [5.74, 6) is -3.07. The minimum atomic E-state index is -1.66. The summed E-state index contributed by atoms with van der Waals surface area (Å²) < 4.78 is 6.52. The molecule has 152 valence electrons. The number of Topliss-reactive ketones (excluding diaryl/α,β-unsaturated/α-hetero) is 1. The van der Waals surface area contributed by atoms with Gasteiger partial charge in [0.2, 0.25) is 0 Å². The van der Waals surface area contributed by atoms with Crippen molar-refractivity contribution in [2.24, 2.45) is 5.92 Å². The van der Waals surface area contributed by atoms with Crippen LogP contribution in [0.4, 0.5) is 0 Å². The van der Waals surface area contributed by atoms with Gasteiger partial charge in [-0.15, -0.1) is 0 Å². The Kier molecular flexibility index (Phi) is 4.39. The quantitative estimate of drug-likeness (QED) is 0.537. The van der Waals surface area contributed by atoms with Crippen LogP contribution in [0.3, 0.4) is 0 Å². The number of ketones is 1. The number of halogens is 2. The first-order chi connectivity index (χ1) is 14.3. The number of carbonyl (C=O) groups excluding carboxylic acids is 1. The lowest BCUT2D eigenvalue weighted by molar-refractivity contribution is -0.217. The number of rotatable bonds is 2. The van der Waals surface area contributed by atoms with Gasteiger partial charge in [-0.2, -0.15) is 0 Å². The van der Waals surface area contributed by atoms with Crippen LogP contribution in [-0.4, -0.2) is 16.7 Å². The van der Waals surface area contributed by atoms with Crippen molar-refractivity contribution in [3.05, 3.63) is 93.5 Å². The molecule has 3 nitrogen and oxygen atoms in total. The van der Waals surface area contributed by atoms with Gasteiger partial charge in [0.15, 0.2) is 5.79 Å². The molecular formula is C25H20Cl2O3. The van der Waals surface area contributed by atoms with E-state index in [1.807, 2.05) is 54.6 Å². The number of benzene rings is 3. The van der Waals surface area contributed by atoms with E-state index < -0.39 is 23.2 Å². The Balaban J connectivity index is 1.88. The van der Waals surface area contributed by atoms with Crippen LogP contribution in [0, 0.1) is 5.92 Å². The average molecular weight is 439 g/mol.